The van der Waals surface area contributed by atoms with Crippen LogP contribution in [0.5, 0.6) is 11.5 Å². The van der Waals surface area contributed by atoms with E-state index in [1.54, 1.807) is 18.2 Å². The lowest BCUT2D eigenvalue weighted by atomic mass is 10.1. The number of carbonyl (C=O) groups is 2. The predicted molar refractivity (Wildman–Crippen MR) is 86.7 cm³/mol. The summed E-state index contributed by atoms with van der Waals surface area (Å²) in [4.78, 5) is 25.4. The number of amides is 1. The summed E-state index contributed by atoms with van der Waals surface area (Å²) >= 11 is 0. The van der Waals surface area contributed by atoms with Gasteiger partial charge in [0.1, 0.15) is 0 Å². The molecule has 24 heavy (non-hydrogen) atoms. The van der Waals surface area contributed by atoms with Gasteiger partial charge in [-0.1, -0.05) is 6.07 Å². The Bertz CT molecular complexity index is 582. The smallest absolute Gasteiger partial charge is 0.305 e. The Labute approximate surface area is 141 Å². The first kappa shape index (κ1) is 18.1. The number of methoxy groups -OCH3 is 2. The van der Waals surface area contributed by atoms with Crippen LogP contribution in [0.3, 0.4) is 0 Å². The zero-order valence-corrected chi connectivity index (χ0v) is 14.0. The van der Waals surface area contributed by atoms with Gasteiger partial charge in [-0.25, -0.2) is 0 Å². The van der Waals surface area contributed by atoms with E-state index in [0.29, 0.717) is 30.2 Å². The van der Waals surface area contributed by atoms with Gasteiger partial charge in [0, 0.05) is 19.7 Å². The maximum atomic E-state index is 12.9. The summed E-state index contributed by atoms with van der Waals surface area (Å²) < 4.78 is 16.1. The van der Waals surface area contributed by atoms with Crippen LogP contribution in [0, 0.1) is 0 Å². The quantitative estimate of drug-likeness (QED) is 0.778. The van der Waals surface area contributed by atoms with Crippen molar-refractivity contribution in [2.45, 2.75) is 25.4 Å². The summed E-state index contributed by atoms with van der Waals surface area (Å²) in [7, 11) is 2.97. The molecule has 1 amide bonds. The zero-order chi connectivity index (χ0) is 17.5. The molecule has 132 valence electrons. The number of ether oxygens (including phenoxy) is 3. The SMILES string of the molecule is COc1cccc(C(=O)N(CCC(=O)O)CC2CCCO2)c1OC. The van der Waals surface area contributed by atoms with E-state index in [9.17, 15) is 9.59 Å². The Morgan fingerprint density at radius 3 is 2.71 bits per heavy atom. The summed E-state index contributed by atoms with van der Waals surface area (Å²) in [5.74, 6) is -0.434. The molecule has 0 aromatic heterocycles. The van der Waals surface area contributed by atoms with Crippen molar-refractivity contribution >= 4 is 11.9 Å². The van der Waals surface area contributed by atoms with Gasteiger partial charge < -0.3 is 24.2 Å². The van der Waals surface area contributed by atoms with Gasteiger partial charge in [0.25, 0.3) is 5.91 Å². The van der Waals surface area contributed by atoms with Gasteiger partial charge in [-0.05, 0) is 25.0 Å². The molecule has 1 aliphatic heterocycles. The van der Waals surface area contributed by atoms with Gasteiger partial charge in [0.2, 0.25) is 0 Å². The molecule has 1 N–H and O–H groups in total. The van der Waals surface area contributed by atoms with Crippen LogP contribution in [0.25, 0.3) is 0 Å². The second kappa shape index (κ2) is 8.54. The highest BCUT2D eigenvalue weighted by Gasteiger charge is 2.26. The molecule has 0 spiro atoms. The first-order chi connectivity index (χ1) is 11.6. The standard InChI is InChI=1S/C17H23NO6/c1-22-14-7-3-6-13(16(14)23-2)17(21)18(9-8-15(19)20)11-12-5-4-10-24-12/h3,6-7,12H,4-5,8-11H2,1-2H3,(H,19,20). The number of carboxylic acid groups (broad SMARTS) is 1. The van der Waals surface area contributed by atoms with Crippen LogP contribution >= 0.6 is 0 Å². The molecule has 1 unspecified atom stereocenters. The molecule has 1 heterocycles. The molecule has 0 bridgehead atoms. The third-order valence-corrected chi connectivity index (χ3v) is 3.96. The molecule has 1 aromatic rings. The molecule has 1 aromatic carbocycles. The summed E-state index contributed by atoms with van der Waals surface area (Å²) in [6.45, 7) is 1.16. The average molecular weight is 337 g/mol. The molecule has 7 heteroatoms. The van der Waals surface area contributed by atoms with Gasteiger partial charge in [-0.15, -0.1) is 0 Å². The molecular formula is C17H23NO6. The molecule has 1 saturated heterocycles. The Morgan fingerprint density at radius 2 is 2.12 bits per heavy atom. The summed E-state index contributed by atoms with van der Waals surface area (Å²) in [6.07, 6.45) is 1.64. The number of hydrogen-bond acceptors (Lipinski definition) is 5. The summed E-state index contributed by atoms with van der Waals surface area (Å²) in [5.41, 5.74) is 0.347. The number of carbonyl (C=O) groups excluding carboxylic acids is 1. The van der Waals surface area contributed by atoms with Gasteiger partial charge in [-0.2, -0.15) is 0 Å². The molecule has 1 fully saturated rings. The van der Waals surface area contributed by atoms with Crippen molar-refractivity contribution in [2.75, 3.05) is 33.9 Å². The molecule has 0 aliphatic carbocycles. The second-order valence-electron chi connectivity index (χ2n) is 5.57. The lowest BCUT2D eigenvalue weighted by molar-refractivity contribution is -0.137. The van der Waals surface area contributed by atoms with E-state index in [0.717, 1.165) is 12.8 Å². The number of carboxylic acids is 1. The fourth-order valence-corrected chi connectivity index (χ4v) is 2.77. The average Bonchev–Trinajstić information content (AvgIpc) is 3.10. The third-order valence-electron chi connectivity index (χ3n) is 3.96. The fraction of sp³-hybridized carbons (Fsp3) is 0.529. The maximum absolute atomic E-state index is 12.9. The molecule has 1 atom stereocenters. The fourth-order valence-electron chi connectivity index (χ4n) is 2.77. The maximum Gasteiger partial charge on any atom is 0.305 e. The first-order valence-electron chi connectivity index (χ1n) is 7.90. The largest absolute Gasteiger partial charge is 0.493 e. The minimum Gasteiger partial charge on any atom is -0.493 e. The van der Waals surface area contributed by atoms with Crippen LogP contribution in [-0.2, 0) is 9.53 Å². The normalized spacial score (nSPS) is 16.7. The number of para-hydroxylation sites is 1. The third kappa shape index (κ3) is 4.38. The van der Waals surface area contributed by atoms with E-state index in [-0.39, 0.29) is 25.0 Å². The van der Waals surface area contributed by atoms with E-state index in [1.807, 2.05) is 0 Å². The van der Waals surface area contributed by atoms with Crippen LogP contribution in [0.2, 0.25) is 0 Å². The van der Waals surface area contributed by atoms with Gasteiger partial charge in [0.05, 0.1) is 32.3 Å². The second-order valence-corrected chi connectivity index (χ2v) is 5.57. The van der Waals surface area contributed by atoms with Crippen molar-refractivity contribution in [1.82, 2.24) is 4.90 Å². The molecular weight excluding hydrogens is 314 g/mol. The Balaban J connectivity index is 2.23. The number of nitrogens with zero attached hydrogens (tertiary/aromatic N) is 1. The number of benzene rings is 1. The van der Waals surface area contributed by atoms with Crippen LogP contribution in [-0.4, -0.2) is 61.9 Å². The molecule has 2 rings (SSSR count). The lowest BCUT2D eigenvalue weighted by Crippen LogP contribution is -2.39. The van der Waals surface area contributed by atoms with Gasteiger partial charge >= 0.3 is 5.97 Å². The molecule has 0 saturated carbocycles. The minimum absolute atomic E-state index is 0.0562. The highest BCUT2D eigenvalue weighted by Crippen LogP contribution is 2.31. The summed E-state index contributed by atoms with van der Waals surface area (Å²) in [6, 6.07) is 5.06. The van der Waals surface area contributed by atoms with E-state index in [2.05, 4.69) is 0 Å². The first-order valence-corrected chi connectivity index (χ1v) is 7.90. The monoisotopic (exact) mass is 337 g/mol. The van der Waals surface area contributed by atoms with Gasteiger partial charge in [-0.3, -0.25) is 9.59 Å². The van der Waals surface area contributed by atoms with Crippen molar-refractivity contribution < 1.29 is 28.9 Å². The van der Waals surface area contributed by atoms with E-state index >= 15 is 0 Å². The zero-order valence-electron chi connectivity index (χ0n) is 14.0. The van der Waals surface area contributed by atoms with Crippen LogP contribution in [0.15, 0.2) is 18.2 Å². The van der Waals surface area contributed by atoms with Crippen molar-refractivity contribution in [1.29, 1.82) is 0 Å². The van der Waals surface area contributed by atoms with Crippen molar-refractivity contribution in [2.24, 2.45) is 0 Å². The van der Waals surface area contributed by atoms with Crippen molar-refractivity contribution in [3.8, 4) is 11.5 Å². The van der Waals surface area contributed by atoms with E-state index in [4.69, 9.17) is 19.3 Å². The topological polar surface area (TPSA) is 85.3 Å². The van der Waals surface area contributed by atoms with Crippen LogP contribution in [0.4, 0.5) is 0 Å². The minimum atomic E-state index is -0.947. The van der Waals surface area contributed by atoms with Crippen LogP contribution in [0.1, 0.15) is 29.6 Å². The Morgan fingerprint density at radius 1 is 1.33 bits per heavy atom. The highest BCUT2D eigenvalue weighted by molar-refractivity contribution is 5.98. The van der Waals surface area contributed by atoms with Crippen molar-refractivity contribution in [3.63, 3.8) is 0 Å². The van der Waals surface area contributed by atoms with E-state index < -0.39 is 5.97 Å². The molecule has 0 radical (unpaired) electrons. The number of hydrogen-bond donors (Lipinski definition) is 1. The molecule has 1 aliphatic rings. The molecule has 7 nitrogen and oxygen atoms in total. The Hall–Kier alpha value is -2.28. The van der Waals surface area contributed by atoms with Crippen LogP contribution < -0.4 is 9.47 Å². The predicted octanol–water partition coefficient (Wildman–Crippen LogP) is 1.80. The Kier molecular flexibility index (Phi) is 6.43. The summed E-state index contributed by atoms with van der Waals surface area (Å²) in [5, 5.41) is 8.94. The lowest BCUT2D eigenvalue weighted by Gasteiger charge is -2.26. The highest BCUT2D eigenvalue weighted by atomic mass is 16.5. The van der Waals surface area contributed by atoms with Crippen molar-refractivity contribution in [3.05, 3.63) is 23.8 Å². The number of aliphatic carboxylic acids is 1. The number of rotatable bonds is 8. The van der Waals surface area contributed by atoms with Gasteiger partial charge in [0.15, 0.2) is 11.5 Å². The van der Waals surface area contributed by atoms with E-state index in [1.165, 1.54) is 19.1 Å².